The highest BCUT2D eigenvalue weighted by Crippen LogP contribution is 2.28. The van der Waals surface area contributed by atoms with Gasteiger partial charge in [-0.3, -0.25) is 4.79 Å². The molecule has 0 bridgehead atoms. The number of ether oxygens (including phenoxy) is 1. The second-order valence-electron chi connectivity index (χ2n) is 5.71. The zero-order valence-corrected chi connectivity index (χ0v) is 11.7. The number of nitrogens with one attached hydrogen (secondary N) is 1. The number of likely N-dealkylation sites (N-methyl/N-ethyl adjacent to an activating group) is 1. The molecule has 1 N–H and O–H groups in total. The summed E-state index contributed by atoms with van der Waals surface area (Å²) in [7, 11) is 1.89. The number of hydrogen-bond donors (Lipinski definition) is 1. The molecule has 1 atom stereocenters. The molecule has 2 fully saturated rings. The Bertz CT molecular complexity index is 284. The lowest BCUT2D eigenvalue weighted by Crippen LogP contribution is -2.54. The van der Waals surface area contributed by atoms with Crippen LogP contribution in [0.1, 0.15) is 39.0 Å². The first-order valence-corrected chi connectivity index (χ1v) is 7.26. The van der Waals surface area contributed by atoms with Crippen LogP contribution in [-0.2, 0) is 9.53 Å². The fraction of sp³-hybridized carbons (Fsp3) is 0.929. The van der Waals surface area contributed by atoms with E-state index in [1.807, 2.05) is 11.9 Å². The molecule has 0 aromatic heterocycles. The summed E-state index contributed by atoms with van der Waals surface area (Å²) in [6.07, 6.45) is 5.58. The summed E-state index contributed by atoms with van der Waals surface area (Å²) in [4.78, 5) is 14.3. The van der Waals surface area contributed by atoms with E-state index in [0.717, 1.165) is 38.3 Å². The Kier molecular flexibility index (Phi) is 4.62. The van der Waals surface area contributed by atoms with E-state index < -0.39 is 0 Å². The number of carbonyl (C=O) groups is 1. The van der Waals surface area contributed by atoms with Gasteiger partial charge in [0, 0.05) is 20.2 Å². The molecule has 1 saturated carbocycles. The molecule has 18 heavy (non-hydrogen) atoms. The predicted octanol–water partition coefficient (Wildman–Crippen LogP) is 1.40. The molecule has 2 aliphatic rings. The third kappa shape index (κ3) is 3.23. The van der Waals surface area contributed by atoms with E-state index in [-0.39, 0.29) is 11.4 Å². The van der Waals surface area contributed by atoms with Gasteiger partial charge in [0.05, 0.1) is 12.1 Å². The summed E-state index contributed by atoms with van der Waals surface area (Å²) in [5.41, 5.74) is -0.300. The average molecular weight is 254 g/mol. The van der Waals surface area contributed by atoms with E-state index in [4.69, 9.17) is 4.74 Å². The van der Waals surface area contributed by atoms with Crippen molar-refractivity contribution in [3.8, 4) is 0 Å². The summed E-state index contributed by atoms with van der Waals surface area (Å²) in [5, 5.41) is 3.39. The van der Waals surface area contributed by atoms with Gasteiger partial charge in [0.2, 0.25) is 5.91 Å². The molecule has 1 amide bonds. The Morgan fingerprint density at radius 1 is 1.50 bits per heavy atom. The summed E-state index contributed by atoms with van der Waals surface area (Å²) < 4.78 is 5.59. The van der Waals surface area contributed by atoms with Crippen molar-refractivity contribution in [1.82, 2.24) is 10.2 Å². The van der Waals surface area contributed by atoms with E-state index in [1.54, 1.807) is 0 Å². The number of nitrogens with zero attached hydrogens (tertiary/aromatic N) is 1. The first kappa shape index (κ1) is 13.8. The number of hydrogen-bond acceptors (Lipinski definition) is 3. The minimum absolute atomic E-state index is 0.234. The van der Waals surface area contributed by atoms with E-state index in [1.165, 1.54) is 12.8 Å². The first-order chi connectivity index (χ1) is 8.68. The van der Waals surface area contributed by atoms with E-state index in [2.05, 4.69) is 12.2 Å². The van der Waals surface area contributed by atoms with E-state index >= 15 is 0 Å². The second-order valence-corrected chi connectivity index (χ2v) is 5.71. The zero-order valence-electron chi connectivity index (χ0n) is 11.7. The van der Waals surface area contributed by atoms with Crippen molar-refractivity contribution in [3.05, 3.63) is 0 Å². The highest BCUT2D eigenvalue weighted by Gasteiger charge is 2.40. The normalized spacial score (nSPS) is 27.4. The van der Waals surface area contributed by atoms with Crippen LogP contribution < -0.4 is 5.32 Å². The van der Waals surface area contributed by atoms with Gasteiger partial charge in [-0.2, -0.15) is 0 Å². The second kappa shape index (κ2) is 6.02. The average Bonchev–Trinajstić information content (AvgIpc) is 3.08. The third-order valence-corrected chi connectivity index (χ3v) is 4.22. The van der Waals surface area contributed by atoms with Crippen LogP contribution in [0.5, 0.6) is 0 Å². The van der Waals surface area contributed by atoms with Crippen molar-refractivity contribution in [1.29, 1.82) is 0 Å². The van der Waals surface area contributed by atoms with Gasteiger partial charge in [-0.05, 0) is 44.6 Å². The molecule has 1 aliphatic heterocycles. The Morgan fingerprint density at radius 2 is 2.28 bits per heavy atom. The Morgan fingerprint density at radius 3 is 2.83 bits per heavy atom. The van der Waals surface area contributed by atoms with E-state index in [0.29, 0.717) is 13.2 Å². The van der Waals surface area contributed by atoms with Gasteiger partial charge in [0.1, 0.15) is 0 Å². The van der Waals surface area contributed by atoms with Crippen LogP contribution in [-0.4, -0.2) is 49.7 Å². The molecule has 0 aromatic carbocycles. The molecule has 1 aliphatic carbocycles. The maximum Gasteiger partial charge on any atom is 0.242 e. The molecule has 0 aromatic rings. The third-order valence-electron chi connectivity index (χ3n) is 4.22. The molecular weight excluding hydrogens is 228 g/mol. The van der Waals surface area contributed by atoms with Crippen molar-refractivity contribution in [2.24, 2.45) is 5.92 Å². The Labute approximate surface area is 110 Å². The maximum absolute atomic E-state index is 12.4. The molecule has 4 nitrogen and oxygen atoms in total. The van der Waals surface area contributed by atoms with Crippen LogP contribution >= 0.6 is 0 Å². The van der Waals surface area contributed by atoms with Crippen molar-refractivity contribution in [2.45, 2.75) is 44.6 Å². The Balaban J connectivity index is 1.72. The molecule has 104 valence electrons. The van der Waals surface area contributed by atoms with Gasteiger partial charge < -0.3 is 15.0 Å². The standard InChI is InChI=1S/C14H26N2O2/c1-3-14(7-4-8-15-14)13(17)16(2)9-10-18-11-12-5-6-12/h12,15H,3-11H2,1-2H3. The van der Waals surface area contributed by atoms with Crippen LogP contribution in [0.2, 0.25) is 0 Å². The number of carbonyl (C=O) groups excluding carboxylic acids is 1. The van der Waals surface area contributed by atoms with Gasteiger partial charge in [0.25, 0.3) is 0 Å². The van der Waals surface area contributed by atoms with Gasteiger partial charge in [-0.1, -0.05) is 6.92 Å². The minimum Gasteiger partial charge on any atom is -0.379 e. The number of amides is 1. The van der Waals surface area contributed by atoms with Crippen molar-refractivity contribution in [2.75, 3.05) is 33.4 Å². The van der Waals surface area contributed by atoms with Gasteiger partial charge in [0.15, 0.2) is 0 Å². The summed E-state index contributed by atoms with van der Waals surface area (Å²) in [6, 6.07) is 0. The zero-order chi connectivity index (χ0) is 13.0. The highest BCUT2D eigenvalue weighted by atomic mass is 16.5. The lowest BCUT2D eigenvalue weighted by Gasteiger charge is -2.31. The van der Waals surface area contributed by atoms with Crippen molar-refractivity contribution < 1.29 is 9.53 Å². The molecule has 2 rings (SSSR count). The number of rotatable bonds is 7. The van der Waals surface area contributed by atoms with Crippen molar-refractivity contribution in [3.63, 3.8) is 0 Å². The largest absolute Gasteiger partial charge is 0.379 e. The van der Waals surface area contributed by atoms with Gasteiger partial charge in [-0.25, -0.2) is 0 Å². The monoisotopic (exact) mass is 254 g/mol. The van der Waals surface area contributed by atoms with Crippen LogP contribution in [0.25, 0.3) is 0 Å². The SMILES string of the molecule is CCC1(C(=O)N(C)CCOCC2CC2)CCCN1. The van der Waals surface area contributed by atoms with Gasteiger partial charge >= 0.3 is 0 Å². The molecule has 0 spiro atoms. The topological polar surface area (TPSA) is 41.6 Å². The first-order valence-electron chi connectivity index (χ1n) is 7.26. The fourth-order valence-electron chi connectivity index (χ4n) is 2.64. The molecule has 1 heterocycles. The highest BCUT2D eigenvalue weighted by molar-refractivity contribution is 5.86. The minimum atomic E-state index is -0.300. The quantitative estimate of drug-likeness (QED) is 0.698. The molecule has 0 radical (unpaired) electrons. The molecular formula is C14H26N2O2. The van der Waals surface area contributed by atoms with Crippen molar-refractivity contribution >= 4 is 5.91 Å². The molecule has 1 unspecified atom stereocenters. The lowest BCUT2D eigenvalue weighted by atomic mass is 9.92. The van der Waals surface area contributed by atoms with Crippen LogP contribution in [0.4, 0.5) is 0 Å². The van der Waals surface area contributed by atoms with E-state index in [9.17, 15) is 4.79 Å². The fourth-order valence-corrected chi connectivity index (χ4v) is 2.64. The molecule has 1 saturated heterocycles. The van der Waals surface area contributed by atoms with Crippen LogP contribution in [0.3, 0.4) is 0 Å². The summed E-state index contributed by atoms with van der Waals surface area (Å²) in [5.74, 6) is 1.03. The predicted molar refractivity (Wildman–Crippen MR) is 71.4 cm³/mol. The van der Waals surface area contributed by atoms with Crippen LogP contribution in [0, 0.1) is 5.92 Å². The summed E-state index contributed by atoms with van der Waals surface area (Å²) in [6.45, 7) is 5.30. The Hall–Kier alpha value is -0.610. The lowest BCUT2D eigenvalue weighted by molar-refractivity contribution is -0.137. The maximum atomic E-state index is 12.4. The van der Waals surface area contributed by atoms with Gasteiger partial charge in [-0.15, -0.1) is 0 Å². The summed E-state index contributed by atoms with van der Waals surface area (Å²) >= 11 is 0. The smallest absolute Gasteiger partial charge is 0.242 e. The van der Waals surface area contributed by atoms with Crippen LogP contribution in [0.15, 0.2) is 0 Å². The molecule has 4 heteroatoms.